The Morgan fingerprint density at radius 3 is 2.83 bits per heavy atom. The lowest BCUT2D eigenvalue weighted by molar-refractivity contribution is -0.146. The number of esters is 1. The number of ether oxygens (including phenoxy) is 2. The van der Waals surface area contributed by atoms with Crippen LogP contribution in [0.3, 0.4) is 0 Å². The van der Waals surface area contributed by atoms with Crippen molar-refractivity contribution in [3.63, 3.8) is 0 Å². The molecule has 1 fully saturated rings. The minimum absolute atomic E-state index is 0.128. The summed E-state index contributed by atoms with van der Waals surface area (Å²) < 4.78 is 10.7. The van der Waals surface area contributed by atoms with E-state index in [0.29, 0.717) is 12.5 Å². The van der Waals surface area contributed by atoms with E-state index in [-0.39, 0.29) is 25.0 Å². The molecule has 3 atom stereocenters. The van der Waals surface area contributed by atoms with Crippen LogP contribution in [-0.2, 0) is 25.7 Å². The fourth-order valence-corrected chi connectivity index (χ4v) is 2.81. The second-order valence-corrected chi connectivity index (χ2v) is 6.07. The van der Waals surface area contributed by atoms with E-state index >= 15 is 0 Å². The highest BCUT2D eigenvalue weighted by Gasteiger charge is 2.28. The minimum Gasteiger partial charge on any atom is -0.461 e. The van der Waals surface area contributed by atoms with Crippen molar-refractivity contribution < 1.29 is 19.1 Å². The lowest BCUT2D eigenvalue weighted by atomic mass is 9.99. The number of nitrogens with two attached hydrogens (primary N) is 1. The van der Waals surface area contributed by atoms with E-state index in [0.717, 1.165) is 25.0 Å². The molecule has 3 N–H and O–H groups in total. The van der Waals surface area contributed by atoms with Crippen molar-refractivity contribution in [2.45, 2.75) is 44.9 Å². The summed E-state index contributed by atoms with van der Waals surface area (Å²) in [5.74, 6) is -0.485. The molecule has 132 valence electrons. The number of amides is 1. The molecule has 1 aromatic carbocycles. The van der Waals surface area contributed by atoms with Gasteiger partial charge >= 0.3 is 5.97 Å². The van der Waals surface area contributed by atoms with Gasteiger partial charge in [0.2, 0.25) is 5.91 Å². The van der Waals surface area contributed by atoms with Crippen LogP contribution in [0.1, 0.15) is 31.7 Å². The number of carbonyl (C=O) groups excluding carboxylic acids is 2. The zero-order valence-electron chi connectivity index (χ0n) is 14.1. The van der Waals surface area contributed by atoms with Crippen LogP contribution in [0, 0.1) is 5.92 Å². The van der Waals surface area contributed by atoms with Gasteiger partial charge < -0.3 is 20.5 Å². The van der Waals surface area contributed by atoms with Crippen LogP contribution in [0.5, 0.6) is 0 Å². The van der Waals surface area contributed by atoms with Gasteiger partial charge in [-0.15, -0.1) is 0 Å². The van der Waals surface area contributed by atoms with Crippen LogP contribution in [0.4, 0.5) is 0 Å². The summed E-state index contributed by atoms with van der Waals surface area (Å²) in [6.07, 6.45) is 1.93. The van der Waals surface area contributed by atoms with E-state index in [1.807, 2.05) is 30.3 Å². The normalized spacial score (nSPS) is 21.2. The lowest BCUT2D eigenvalue weighted by Gasteiger charge is -2.18. The Morgan fingerprint density at radius 2 is 2.12 bits per heavy atom. The molecule has 1 aromatic rings. The maximum absolute atomic E-state index is 12.0. The first-order chi connectivity index (χ1) is 11.6. The number of hydrogen-bond acceptors (Lipinski definition) is 5. The maximum atomic E-state index is 12.0. The molecule has 6 nitrogen and oxygen atoms in total. The highest BCUT2D eigenvalue weighted by Crippen LogP contribution is 2.22. The number of benzene rings is 1. The second-order valence-electron chi connectivity index (χ2n) is 6.07. The van der Waals surface area contributed by atoms with E-state index in [1.54, 1.807) is 0 Å². The molecule has 0 spiro atoms. The number of rotatable bonds is 8. The van der Waals surface area contributed by atoms with Crippen molar-refractivity contribution in [1.82, 2.24) is 5.32 Å². The third-order valence-corrected chi connectivity index (χ3v) is 4.25. The first kappa shape index (κ1) is 18.4. The van der Waals surface area contributed by atoms with Crippen LogP contribution < -0.4 is 11.1 Å². The van der Waals surface area contributed by atoms with Gasteiger partial charge in [0.15, 0.2) is 0 Å². The number of hydrogen-bond donors (Lipinski definition) is 2. The summed E-state index contributed by atoms with van der Waals surface area (Å²) in [6.45, 7) is 3.52. The third-order valence-electron chi connectivity index (χ3n) is 4.25. The molecule has 1 aliphatic heterocycles. The quantitative estimate of drug-likeness (QED) is 0.701. The SMILES string of the molecule is CCC1OCCC1CNC(=O)[C@@H](N)CC(=O)OCc1ccccc1. The van der Waals surface area contributed by atoms with Gasteiger partial charge in [0.1, 0.15) is 6.61 Å². The molecule has 24 heavy (non-hydrogen) atoms. The molecular formula is C18H26N2O4. The molecule has 1 aliphatic rings. The Morgan fingerprint density at radius 1 is 1.38 bits per heavy atom. The summed E-state index contributed by atoms with van der Waals surface area (Å²) in [4.78, 5) is 23.8. The Kier molecular flexibility index (Phi) is 7.21. The standard InChI is InChI=1S/C18H26N2O4/c1-2-16-14(8-9-23-16)11-20-18(22)15(19)10-17(21)24-12-13-6-4-3-5-7-13/h3-7,14-16H,2,8-12,19H2,1H3,(H,20,22)/t14?,15-,16?/m0/s1. The summed E-state index contributed by atoms with van der Waals surface area (Å²) in [5, 5.41) is 2.82. The molecule has 0 saturated carbocycles. The molecule has 1 saturated heterocycles. The molecule has 0 aromatic heterocycles. The van der Waals surface area contributed by atoms with Crippen molar-refractivity contribution in [1.29, 1.82) is 0 Å². The van der Waals surface area contributed by atoms with E-state index in [4.69, 9.17) is 15.2 Å². The van der Waals surface area contributed by atoms with Crippen LogP contribution in [-0.4, -0.2) is 37.2 Å². The van der Waals surface area contributed by atoms with Gasteiger partial charge in [-0.05, 0) is 18.4 Å². The fraction of sp³-hybridized carbons (Fsp3) is 0.556. The molecule has 0 aliphatic carbocycles. The van der Waals surface area contributed by atoms with Crippen LogP contribution in [0.2, 0.25) is 0 Å². The highest BCUT2D eigenvalue weighted by molar-refractivity contribution is 5.86. The van der Waals surface area contributed by atoms with Gasteiger partial charge in [-0.2, -0.15) is 0 Å². The lowest BCUT2D eigenvalue weighted by Crippen LogP contribution is -2.44. The van der Waals surface area contributed by atoms with E-state index in [9.17, 15) is 9.59 Å². The van der Waals surface area contributed by atoms with Crippen molar-refractivity contribution in [3.8, 4) is 0 Å². The molecular weight excluding hydrogens is 308 g/mol. The smallest absolute Gasteiger partial charge is 0.308 e. The first-order valence-corrected chi connectivity index (χ1v) is 8.44. The van der Waals surface area contributed by atoms with Gasteiger partial charge in [0.25, 0.3) is 0 Å². The first-order valence-electron chi connectivity index (χ1n) is 8.44. The molecule has 1 amide bonds. The molecule has 1 heterocycles. The Bertz CT molecular complexity index is 535. The number of nitrogens with one attached hydrogen (secondary N) is 1. The average molecular weight is 334 g/mol. The topological polar surface area (TPSA) is 90.6 Å². The maximum Gasteiger partial charge on any atom is 0.308 e. The fourth-order valence-electron chi connectivity index (χ4n) is 2.81. The van der Waals surface area contributed by atoms with Crippen LogP contribution in [0.15, 0.2) is 30.3 Å². The van der Waals surface area contributed by atoms with E-state index in [2.05, 4.69) is 12.2 Å². The Balaban J connectivity index is 1.68. The average Bonchev–Trinajstić information content (AvgIpc) is 3.06. The van der Waals surface area contributed by atoms with Crippen molar-refractivity contribution in [2.24, 2.45) is 11.7 Å². The minimum atomic E-state index is -0.893. The molecule has 2 unspecified atom stereocenters. The van der Waals surface area contributed by atoms with Gasteiger partial charge in [0, 0.05) is 19.1 Å². The molecule has 0 radical (unpaired) electrons. The summed E-state index contributed by atoms with van der Waals surface area (Å²) in [6, 6.07) is 8.48. The van der Waals surface area contributed by atoms with Gasteiger partial charge in [-0.25, -0.2) is 0 Å². The second kappa shape index (κ2) is 9.39. The van der Waals surface area contributed by atoms with Crippen molar-refractivity contribution >= 4 is 11.9 Å². The largest absolute Gasteiger partial charge is 0.461 e. The van der Waals surface area contributed by atoms with Crippen LogP contribution >= 0.6 is 0 Å². The highest BCUT2D eigenvalue weighted by atomic mass is 16.5. The third kappa shape index (κ3) is 5.62. The van der Waals surface area contributed by atoms with Crippen molar-refractivity contribution in [3.05, 3.63) is 35.9 Å². The monoisotopic (exact) mass is 334 g/mol. The van der Waals surface area contributed by atoms with Gasteiger partial charge in [-0.1, -0.05) is 37.3 Å². The van der Waals surface area contributed by atoms with Gasteiger partial charge in [0.05, 0.1) is 18.6 Å². The number of carbonyl (C=O) groups is 2. The molecule has 2 rings (SSSR count). The summed E-state index contributed by atoms with van der Waals surface area (Å²) >= 11 is 0. The Hall–Kier alpha value is -1.92. The zero-order chi connectivity index (χ0) is 17.4. The summed E-state index contributed by atoms with van der Waals surface area (Å²) in [7, 11) is 0. The van der Waals surface area contributed by atoms with E-state index < -0.39 is 12.0 Å². The van der Waals surface area contributed by atoms with Crippen LogP contribution in [0.25, 0.3) is 0 Å². The summed E-state index contributed by atoms with van der Waals surface area (Å²) in [5.41, 5.74) is 6.69. The zero-order valence-corrected chi connectivity index (χ0v) is 14.1. The predicted molar refractivity (Wildman–Crippen MR) is 90.0 cm³/mol. The van der Waals surface area contributed by atoms with Gasteiger partial charge in [-0.3, -0.25) is 9.59 Å². The molecule has 0 bridgehead atoms. The van der Waals surface area contributed by atoms with E-state index in [1.165, 1.54) is 0 Å². The Labute approximate surface area is 142 Å². The molecule has 6 heteroatoms. The predicted octanol–water partition coefficient (Wildman–Crippen LogP) is 1.38. The van der Waals surface area contributed by atoms with Crippen molar-refractivity contribution in [2.75, 3.05) is 13.2 Å².